The highest BCUT2D eigenvalue weighted by Gasteiger charge is 2.28. The Kier molecular flexibility index (Phi) is 13.8. The summed E-state index contributed by atoms with van der Waals surface area (Å²) in [6, 6.07) is 12.3. The van der Waals surface area contributed by atoms with Gasteiger partial charge in [-0.15, -0.1) is 0 Å². The lowest BCUT2D eigenvalue weighted by molar-refractivity contribution is -0.132. The van der Waals surface area contributed by atoms with E-state index in [4.69, 9.17) is 0 Å². The molecule has 2 aromatic rings. The van der Waals surface area contributed by atoms with Gasteiger partial charge in [-0.1, -0.05) is 58.0 Å². The zero-order valence-corrected chi connectivity index (χ0v) is 29.5. The first-order chi connectivity index (χ1) is 21.3. The number of amides is 4. The molecule has 0 saturated carbocycles. The Balaban J connectivity index is 2.20. The molecule has 0 radical (unpaired) electrons. The van der Waals surface area contributed by atoms with Gasteiger partial charge in [0.05, 0.1) is 18.0 Å². The molecule has 4 amide bonds. The first kappa shape index (κ1) is 38.3. The number of benzene rings is 2. The Hall–Kier alpha value is -3.93. The predicted molar refractivity (Wildman–Crippen MR) is 182 cm³/mol. The fraction of sp³-hybridized carbons (Fsp3) is 0.529. The fourth-order valence-electron chi connectivity index (χ4n) is 4.86. The molecule has 46 heavy (non-hydrogen) atoms. The van der Waals surface area contributed by atoms with Crippen LogP contribution in [-0.2, 0) is 19.6 Å². The molecule has 11 nitrogen and oxygen atoms in total. The second-order valence-corrected chi connectivity index (χ2v) is 14.9. The van der Waals surface area contributed by atoms with Crippen molar-refractivity contribution in [1.29, 1.82) is 0 Å². The fourth-order valence-corrected chi connectivity index (χ4v) is 5.35. The molecule has 4 N–H and O–H groups in total. The summed E-state index contributed by atoms with van der Waals surface area (Å²) in [5.74, 6) is -2.10. The van der Waals surface area contributed by atoms with Crippen LogP contribution < -0.4 is 25.6 Å². The van der Waals surface area contributed by atoms with Crippen LogP contribution >= 0.6 is 0 Å². The quantitative estimate of drug-likeness (QED) is 0.227. The Morgan fingerprint density at radius 1 is 0.739 bits per heavy atom. The van der Waals surface area contributed by atoms with Crippen molar-refractivity contribution >= 4 is 39.3 Å². The number of anilines is 1. The van der Waals surface area contributed by atoms with Crippen LogP contribution in [0, 0.1) is 17.8 Å². The molecule has 0 heterocycles. The van der Waals surface area contributed by atoms with Gasteiger partial charge in [-0.05, 0) is 69.7 Å². The molecule has 12 heteroatoms. The van der Waals surface area contributed by atoms with Crippen LogP contribution in [0.2, 0.25) is 0 Å². The van der Waals surface area contributed by atoms with Crippen LogP contribution in [-0.4, -0.2) is 63.5 Å². The lowest BCUT2D eigenvalue weighted by atomic mass is 9.90. The third-order valence-corrected chi connectivity index (χ3v) is 9.22. The van der Waals surface area contributed by atoms with Crippen molar-refractivity contribution in [2.75, 3.05) is 17.6 Å². The molecule has 5 atom stereocenters. The van der Waals surface area contributed by atoms with Crippen LogP contribution in [0.25, 0.3) is 0 Å². The number of nitrogens with zero attached hydrogens (tertiary/aromatic N) is 1. The standard InChI is InChI=1S/C34H51N5O6S/c1-20(2)30(34(43)35-21(3)4)38-31(40)23(6)16-22(5)24(7)36-32(41)27-17-28(19-29(18-27)39(9)46(10,44)45)33(42)37-25(8)26-14-12-11-13-15-26/h11-15,17-25,30H,16H2,1-10H3,(H,35,43)(H,36,41)(H,37,42)(H,38,40)/t22-,23+,24-,25+,30-/m0/s1. The number of rotatable bonds is 15. The minimum atomic E-state index is -3.68. The highest BCUT2D eigenvalue weighted by molar-refractivity contribution is 7.92. The zero-order valence-electron chi connectivity index (χ0n) is 28.7. The molecule has 0 aliphatic rings. The Morgan fingerprint density at radius 3 is 1.78 bits per heavy atom. The topological polar surface area (TPSA) is 154 Å². The van der Waals surface area contributed by atoms with Crippen molar-refractivity contribution in [3.05, 3.63) is 65.2 Å². The third-order valence-electron chi connectivity index (χ3n) is 8.01. The maximum absolute atomic E-state index is 13.5. The van der Waals surface area contributed by atoms with Gasteiger partial charge in [-0.25, -0.2) is 8.42 Å². The number of carbonyl (C=O) groups is 4. The summed E-state index contributed by atoms with van der Waals surface area (Å²) in [5.41, 5.74) is 1.31. The van der Waals surface area contributed by atoms with Crippen LogP contribution in [0.1, 0.15) is 94.1 Å². The highest BCUT2D eigenvalue weighted by Crippen LogP contribution is 2.23. The summed E-state index contributed by atoms with van der Waals surface area (Å²) in [6.07, 6.45) is 1.48. The van der Waals surface area contributed by atoms with Gasteiger partial charge in [0, 0.05) is 36.2 Å². The number of hydrogen-bond donors (Lipinski definition) is 4. The summed E-state index contributed by atoms with van der Waals surface area (Å²) >= 11 is 0. The SMILES string of the molecule is CC(C)NC(=O)[C@@H](NC(=O)[C@H](C)C[C@H](C)[C@H](C)NC(=O)c1cc(C(=O)N[C@H](C)c2ccccc2)cc(N(C)S(C)(=O)=O)c1)C(C)C. The summed E-state index contributed by atoms with van der Waals surface area (Å²) < 4.78 is 25.7. The maximum atomic E-state index is 13.5. The van der Waals surface area contributed by atoms with Crippen molar-refractivity contribution in [2.24, 2.45) is 17.8 Å². The van der Waals surface area contributed by atoms with E-state index < -0.39 is 33.8 Å². The van der Waals surface area contributed by atoms with Gasteiger partial charge >= 0.3 is 0 Å². The van der Waals surface area contributed by atoms with Gasteiger partial charge in [-0.3, -0.25) is 23.5 Å². The van der Waals surface area contributed by atoms with E-state index in [1.165, 1.54) is 25.2 Å². The second kappa shape index (κ2) is 16.6. The lowest BCUT2D eigenvalue weighted by Gasteiger charge is -2.27. The van der Waals surface area contributed by atoms with Crippen molar-refractivity contribution in [3.63, 3.8) is 0 Å². The van der Waals surface area contributed by atoms with E-state index in [9.17, 15) is 27.6 Å². The van der Waals surface area contributed by atoms with Gasteiger partial charge in [0.15, 0.2) is 0 Å². The van der Waals surface area contributed by atoms with Crippen LogP contribution in [0.3, 0.4) is 0 Å². The maximum Gasteiger partial charge on any atom is 0.251 e. The first-order valence-corrected chi connectivity index (χ1v) is 17.5. The molecule has 2 rings (SSSR count). The molecule has 0 fully saturated rings. The molecule has 254 valence electrons. The summed E-state index contributed by atoms with van der Waals surface area (Å²) in [5, 5.41) is 11.6. The summed E-state index contributed by atoms with van der Waals surface area (Å²) in [6.45, 7) is 14.8. The second-order valence-electron chi connectivity index (χ2n) is 12.9. The van der Waals surface area contributed by atoms with Gasteiger partial charge in [0.1, 0.15) is 6.04 Å². The van der Waals surface area contributed by atoms with E-state index in [-0.39, 0.29) is 58.6 Å². The average molecular weight is 658 g/mol. The molecule has 0 bridgehead atoms. The molecule has 2 aromatic carbocycles. The van der Waals surface area contributed by atoms with Crippen LogP contribution in [0.5, 0.6) is 0 Å². The number of sulfonamides is 1. The zero-order chi connectivity index (χ0) is 34.9. The van der Waals surface area contributed by atoms with E-state index in [1.54, 1.807) is 6.92 Å². The molecule has 0 unspecified atom stereocenters. The molecule has 0 aliphatic heterocycles. The number of carbonyl (C=O) groups excluding carboxylic acids is 4. The van der Waals surface area contributed by atoms with Gasteiger partial charge in [0.2, 0.25) is 21.8 Å². The van der Waals surface area contributed by atoms with E-state index >= 15 is 0 Å². The van der Waals surface area contributed by atoms with Crippen molar-refractivity contribution in [3.8, 4) is 0 Å². The van der Waals surface area contributed by atoms with E-state index in [0.717, 1.165) is 16.1 Å². The Labute approximate surface area is 274 Å². The molecule has 0 aromatic heterocycles. The van der Waals surface area contributed by atoms with Crippen molar-refractivity contribution in [2.45, 2.75) is 86.0 Å². The monoisotopic (exact) mass is 657 g/mol. The van der Waals surface area contributed by atoms with Crippen LogP contribution in [0.15, 0.2) is 48.5 Å². The predicted octanol–water partition coefficient (Wildman–Crippen LogP) is 4.02. The average Bonchev–Trinajstić information content (AvgIpc) is 2.98. The largest absolute Gasteiger partial charge is 0.352 e. The molecule has 0 aliphatic carbocycles. The molecule has 0 spiro atoms. The van der Waals surface area contributed by atoms with E-state index in [0.29, 0.717) is 6.42 Å². The molecular formula is C34H51N5O6S. The highest BCUT2D eigenvalue weighted by atomic mass is 32.2. The molecular weight excluding hydrogens is 606 g/mol. The minimum Gasteiger partial charge on any atom is -0.352 e. The van der Waals surface area contributed by atoms with Crippen LogP contribution in [0.4, 0.5) is 5.69 Å². The normalized spacial score (nSPS) is 14.9. The number of hydrogen-bond acceptors (Lipinski definition) is 6. The van der Waals surface area contributed by atoms with Gasteiger partial charge in [-0.2, -0.15) is 0 Å². The van der Waals surface area contributed by atoms with Gasteiger partial charge in [0.25, 0.3) is 11.8 Å². The first-order valence-electron chi connectivity index (χ1n) is 15.7. The van der Waals surface area contributed by atoms with Gasteiger partial charge < -0.3 is 21.3 Å². The van der Waals surface area contributed by atoms with Crippen molar-refractivity contribution in [1.82, 2.24) is 21.3 Å². The van der Waals surface area contributed by atoms with E-state index in [1.807, 2.05) is 78.8 Å². The Bertz CT molecular complexity index is 1480. The lowest BCUT2D eigenvalue weighted by Crippen LogP contribution is -2.52. The Morgan fingerprint density at radius 2 is 1.28 bits per heavy atom. The number of nitrogens with one attached hydrogen (secondary N) is 4. The minimum absolute atomic E-state index is 0.0525. The van der Waals surface area contributed by atoms with Crippen molar-refractivity contribution < 1.29 is 27.6 Å². The molecule has 0 saturated heterocycles. The summed E-state index contributed by atoms with van der Waals surface area (Å²) in [7, 11) is -2.33. The third kappa shape index (κ3) is 11.1. The smallest absolute Gasteiger partial charge is 0.251 e. The summed E-state index contributed by atoms with van der Waals surface area (Å²) in [4.78, 5) is 52.4. The van der Waals surface area contributed by atoms with E-state index in [2.05, 4.69) is 21.3 Å².